The minimum Gasteiger partial charge on any atom is -0.491 e. The van der Waals surface area contributed by atoms with E-state index in [-0.39, 0.29) is 24.0 Å². The van der Waals surface area contributed by atoms with E-state index in [0.717, 1.165) is 74.1 Å². The highest BCUT2D eigenvalue weighted by atomic mass is 35.5. The number of anilines is 1. The summed E-state index contributed by atoms with van der Waals surface area (Å²) < 4.78 is 25.0. The molecule has 2 aliphatic carbocycles. The molecule has 0 unspecified atom stereocenters. The van der Waals surface area contributed by atoms with E-state index in [4.69, 9.17) is 35.5 Å². The summed E-state index contributed by atoms with van der Waals surface area (Å²) in [6.45, 7) is 12.1. The number of carbonyl (C=O) groups is 2. The topological polar surface area (TPSA) is 139 Å². The normalized spacial score (nSPS) is 15.6. The average Bonchev–Trinajstić information content (AvgIpc) is 3.89. The molecular weight excluding hydrogens is 860 g/mol. The number of carbonyl (C=O) groups excluding carboxylic acids is 2. The number of benzene rings is 3. The van der Waals surface area contributed by atoms with Gasteiger partial charge in [0, 0.05) is 58.6 Å². The number of nitrogens with zero attached hydrogens (tertiary/aromatic N) is 5. The quantitative estimate of drug-likeness (QED) is 0.0739. The van der Waals surface area contributed by atoms with E-state index in [9.17, 15) is 9.59 Å². The van der Waals surface area contributed by atoms with E-state index in [1.165, 1.54) is 16.0 Å². The van der Waals surface area contributed by atoms with E-state index in [1.807, 2.05) is 61.7 Å². The summed E-state index contributed by atoms with van der Waals surface area (Å²) >= 11 is 7.94. The highest BCUT2D eigenvalue weighted by Gasteiger charge is 2.55. The maximum atomic E-state index is 13.6. The molecule has 12 nitrogen and oxygen atoms in total. The maximum absolute atomic E-state index is 13.6. The number of thiophene rings is 1. The molecule has 1 spiro atoms. The zero-order valence-corrected chi connectivity index (χ0v) is 38.8. The van der Waals surface area contributed by atoms with Crippen LogP contribution in [0.3, 0.4) is 0 Å². The van der Waals surface area contributed by atoms with Crippen LogP contribution in [-0.4, -0.2) is 89.8 Å². The molecule has 1 fully saturated rings. The van der Waals surface area contributed by atoms with Gasteiger partial charge in [-0.3, -0.25) is 19.1 Å². The molecule has 0 amide bonds. The van der Waals surface area contributed by atoms with Crippen molar-refractivity contribution in [3.63, 3.8) is 0 Å². The molecule has 3 aliphatic rings. The predicted octanol–water partition coefficient (Wildman–Crippen LogP) is 9.07. The number of ketones is 2. The van der Waals surface area contributed by atoms with Crippen molar-refractivity contribution in [2.45, 2.75) is 71.3 Å². The molecule has 1 atom stereocenters. The predicted molar refractivity (Wildman–Crippen MR) is 254 cm³/mol. The van der Waals surface area contributed by atoms with Crippen molar-refractivity contribution in [2.24, 2.45) is 4.99 Å². The molecule has 14 heteroatoms. The molecular formula is C51H53ClN6O6S. The Kier molecular flexibility index (Phi) is 13.4. The lowest BCUT2D eigenvalue weighted by Crippen LogP contribution is -2.15. The van der Waals surface area contributed by atoms with Crippen LogP contribution in [0.15, 0.2) is 84.0 Å². The highest BCUT2D eigenvalue weighted by Crippen LogP contribution is 2.55. The Balaban J connectivity index is 0.651. The van der Waals surface area contributed by atoms with E-state index in [0.29, 0.717) is 81.6 Å². The molecule has 3 aromatic heterocycles. The van der Waals surface area contributed by atoms with Gasteiger partial charge in [0.1, 0.15) is 46.6 Å². The lowest BCUT2D eigenvalue weighted by molar-refractivity contribution is -0.120. The Morgan fingerprint density at radius 1 is 0.862 bits per heavy atom. The number of rotatable bonds is 20. The average molecular weight is 914 g/mol. The van der Waals surface area contributed by atoms with Crippen LogP contribution < -0.4 is 10.1 Å². The fourth-order valence-electron chi connectivity index (χ4n) is 8.83. The van der Waals surface area contributed by atoms with Crippen LogP contribution in [-0.2, 0) is 42.1 Å². The van der Waals surface area contributed by atoms with Crippen molar-refractivity contribution in [1.29, 1.82) is 0 Å². The van der Waals surface area contributed by atoms with Crippen LogP contribution in [0.25, 0.3) is 16.1 Å². The third-order valence-electron chi connectivity index (χ3n) is 12.6. The minimum atomic E-state index is -0.505. The minimum absolute atomic E-state index is 0.0524. The molecule has 4 heterocycles. The van der Waals surface area contributed by atoms with Gasteiger partial charge in [-0.15, -0.1) is 21.5 Å². The number of aryl methyl sites for hydroxylation is 3. The number of halogens is 1. The lowest BCUT2D eigenvalue weighted by atomic mass is 9.93. The van der Waals surface area contributed by atoms with Gasteiger partial charge >= 0.3 is 0 Å². The first-order valence-corrected chi connectivity index (χ1v) is 23.5. The Morgan fingerprint density at radius 3 is 2.29 bits per heavy atom. The molecule has 3 aromatic carbocycles. The van der Waals surface area contributed by atoms with Crippen LogP contribution >= 0.6 is 22.9 Å². The number of hydrogen-bond donors (Lipinski definition) is 1. The summed E-state index contributed by atoms with van der Waals surface area (Å²) in [6, 6.07) is 23.3. The summed E-state index contributed by atoms with van der Waals surface area (Å²) in [5.41, 5.74) is 10.4. The molecule has 0 radical (unpaired) electrons. The summed E-state index contributed by atoms with van der Waals surface area (Å²) in [7, 11) is 0. The Morgan fingerprint density at radius 2 is 1.57 bits per heavy atom. The molecule has 1 aliphatic heterocycles. The fraction of sp³-hybridized carbons (Fsp3) is 0.373. The van der Waals surface area contributed by atoms with Gasteiger partial charge in [0.25, 0.3) is 0 Å². The standard InChI is InChI=1S/C51H53ClN6O6S/c1-31-25-46(54-30-42(31)37-7-8-38-28-45(60)51(15-16-51)43(38)27-37)53-17-18-61-19-20-62-21-22-63-23-24-64-41-13-5-35(6-14-41)26-40(59)29-44-49-57-56-34(4)58(49)50-47(32(2)33(3)65-50)48(55-44)36-9-11-39(52)12-10-36/h5-14,25,27,30,44H,15-24,26,28-29H2,1-4H3,(H,53,54)/t44-/m0/s1. The number of Topliss-reactive ketones (excluding diaryl/α,β-unsaturated/α-hetero) is 2. The molecule has 6 aromatic rings. The summed E-state index contributed by atoms with van der Waals surface area (Å²) in [5.74, 6) is 3.37. The van der Waals surface area contributed by atoms with Gasteiger partial charge in [-0.05, 0) is 110 Å². The number of fused-ring (bicyclic) bond motifs is 5. The zero-order valence-electron chi connectivity index (χ0n) is 37.2. The van der Waals surface area contributed by atoms with E-state index in [2.05, 4.69) is 70.1 Å². The first-order valence-electron chi connectivity index (χ1n) is 22.3. The van der Waals surface area contributed by atoms with Crippen LogP contribution in [0.2, 0.25) is 5.02 Å². The molecule has 336 valence electrons. The van der Waals surface area contributed by atoms with Gasteiger partial charge in [0.15, 0.2) is 5.82 Å². The van der Waals surface area contributed by atoms with Crippen LogP contribution in [0.1, 0.15) is 80.8 Å². The first-order chi connectivity index (χ1) is 31.6. The van der Waals surface area contributed by atoms with Gasteiger partial charge in [-0.2, -0.15) is 0 Å². The van der Waals surface area contributed by atoms with Crippen LogP contribution in [0.4, 0.5) is 5.82 Å². The second-order valence-corrected chi connectivity index (χ2v) is 18.7. The number of aromatic nitrogens is 4. The summed E-state index contributed by atoms with van der Waals surface area (Å²) in [4.78, 5) is 37.2. The monoisotopic (exact) mass is 912 g/mol. The number of ether oxygens (including phenoxy) is 4. The highest BCUT2D eigenvalue weighted by molar-refractivity contribution is 7.15. The van der Waals surface area contributed by atoms with Gasteiger partial charge in [-0.25, -0.2) is 4.98 Å². The van der Waals surface area contributed by atoms with Gasteiger partial charge < -0.3 is 24.3 Å². The van der Waals surface area contributed by atoms with Crippen LogP contribution in [0, 0.1) is 27.7 Å². The van der Waals surface area contributed by atoms with Crippen LogP contribution in [0.5, 0.6) is 5.75 Å². The van der Waals surface area contributed by atoms with Crippen molar-refractivity contribution < 1.29 is 28.5 Å². The second-order valence-electron chi connectivity index (χ2n) is 17.0. The molecule has 0 bridgehead atoms. The molecule has 1 N–H and O–H groups in total. The summed E-state index contributed by atoms with van der Waals surface area (Å²) in [5, 5.41) is 14.0. The van der Waals surface area contributed by atoms with Gasteiger partial charge in [0.05, 0.1) is 50.8 Å². The van der Waals surface area contributed by atoms with Crippen molar-refractivity contribution in [1.82, 2.24) is 19.7 Å². The van der Waals surface area contributed by atoms with E-state index in [1.54, 1.807) is 11.3 Å². The maximum Gasteiger partial charge on any atom is 0.163 e. The number of aliphatic imine (C=N–C) groups is 1. The largest absolute Gasteiger partial charge is 0.491 e. The number of nitrogens with one attached hydrogen (secondary N) is 1. The third-order valence-corrected chi connectivity index (χ3v) is 14.0. The summed E-state index contributed by atoms with van der Waals surface area (Å²) in [6.07, 6.45) is 4.88. The second kappa shape index (κ2) is 19.5. The fourth-order valence-corrected chi connectivity index (χ4v) is 10.2. The SMILES string of the molecule is Cc1cc(NCCOCCOCCOCCOc2ccc(CC(=O)C[C@@H]3N=C(c4ccc(Cl)cc4)c4c(sc(C)c4C)-n4c(C)nnc43)cc2)ncc1-c1ccc2c(c1)C1(CC1)C(=O)C2. The van der Waals surface area contributed by atoms with Crippen molar-refractivity contribution in [2.75, 3.05) is 58.1 Å². The van der Waals surface area contributed by atoms with Gasteiger partial charge in [-0.1, -0.05) is 48.0 Å². The number of pyridine rings is 1. The van der Waals surface area contributed by atoms with Crippen molar-refractivity contribution in [3.8, 4) is 21.9 Å². The number of hydrogen-bond acceptors (Lipinski definition) is 12. The Hall–Kier alpha value is -5.57. The molecule has 65 heavy (non-hydrogen) atoms. The van der Waals surface area contributed by atoms with E-state index >= 15 is 0 Å². The van der Waals surface area contributed by atoms with Gasteiger partial charge in [0.2, 0.25) is 0 Å². The zero-order chi connectivity index (χ0) is 45.1. The molecule has 1 saturated carbocycles. The lowest BCUT2D eigenvalue weighted by Gasteiger charge is -2.13. The van der Waals surface area contributed by atoms with Crippen molar-refractivity contribution in [3.05, 3.63) is 139 Å². The third kappa shape index (κ3) is 9.71. The Bertz CT molecular complexity index is 2740. The van der Waals surface area contributed by atoms with Crippen molar-refractivity contribution >= 4 is 46.0 Å². The molecule has 9 rings (SSSR count). The Labute approximate surface area is 388 Å². The van der Waals surface area contributed by atoms with E-state index < -0.39 is 6.04 Å². The first kappa shape index (κ1) is 44.6. The molecule has 0 saturated heterocycles. The smallest absolute Gasteiger partial charge is 0.163 e.